The van der Waals surface area contributed by atoms with Crippen LogP contribution < -0.4 is 11.1 Å². The first-order valence-electron chi connectivity index (χ1n) is 4.67. The van der Waals surface area contributed by atoms with Crippen molar-refractivity contribution >= 4 is 11.9 Å². The fraction of sp³-hybridized carbons (Fsp3) is 0.778. The van der Waals surface area contributed by atoms with Crippen molar-refractivity contribution in [2.45, 2.75) is 25.9 Å². The van der Waals surface area contributed by atoms with Gasteiger partial charge in [0.1, 0.15) is 12.1 Å². The van der Waals surface area contributed by atoms with Crippen molar-refractivity contribution in [2.75, 3.05) is 13.7 Å². The quantitative estimate of drug-likeness (QED) is 0.541. The van der Waals surface area contributed by atoms with Crippen LogP contribution in [0.3, 0.4) is 0 Å². The molecule has 0 saturated heterocycles. The van der Waals surface area contributed by atoms with Crippen LogP contribution in [0.15, 0.2) is 0 Å². The number of amides is 1. The highest BCUT2D eigenvalue weighted by Gasteiger charge is 2.25. The van der Waals surface area contributed by atoms with Gasteiger partial charge in [-0.25, -0.2) is 4.79 Å². The number of hydrogen-bond donors (Lipinski definition) is 3. The van der Waals surface area contributed by atoms with Gasteiger partial charge >= 0.3 is 5.97 Å². The van der Waals surface area contributed by atoms with Crippen molar-refractivity contribution in [1.82, 2.24) is 5.32 Å². The molecule has 2 atom stereocenters. The molecule has 88 valence electrons. The SMILES string of the molecule is COC[C@H](N)C(=O)NC(C(=O)O)C(C)C. The zero-order chi connectivity index (χ0) is 12.0. The molecule has 0 aliphatic heterocycles. The molecule has 6 heteroatoms. The summed E-state index contributed by atoms with van der Waals surface area (Å²) in [5.74, 6) is -1.78. The van der Waals surface area contributed by atoms with Crippen molar-refractivity contribution in [2.24, 2.45) is 11.7 Å². The summed E-state index contributed by atoms with van der Waals surface area (Å²) in [4.78, 5) is 22.1. The van der Waals surface area contributed by atoms with E-state index in [4.69, 9.17) is 15.6 Å². The zero-order valence-electron chi connectivity index (χ0n) is 9.19. The second-order valence-corrected chi connectivity index (χ2v) is 3.63. The van der Waals surface area contributed by atoms with Crippen LogP contribution in [0.25, 0.3) is 0 Å². The monoisotopic (exact) mass is 218 g/mol. The number of carboxylic acids is 1. The summed E-state index contributed by atoms with van der Waals surface area (Å²) in [7, 11) is 1.42. The molecule has 15 heavy (non-hydrogen) atoms. The third-order valence-corrected chi connectivity index (χ3v) is 1.91. The second kappa shape index (κ2) is 6.36. The van der Waals surface area contributed by atoms with E-state index in [2.05, 4.69) is 5.32 Å². The maximum Gasteiger partial charge on any atom is 0.326 e. The third kappa shape index (κ3) is 4.75. The Labute approximate surface area is 88.8 Å². The van der Waals surface area contributed by atoms with E-state index < -0.39 is 24.0 Å². The van der Waals surface area contributed by atoms with Crippen molar-refractivity contribution < 1.29 is 19.4 Å². The molecule has 4 N–H and O–H groups in total. The van der Waals surface area contributed by atoms with E-state index >= 15 is 0 Å². The van der Waals surface area contributed by atoms with Gasteiger partial charge in [-0.3, -0.25) is 4.79 Å². The van der Waals surface area contributed by atoms with Gasteiger partial charge < -0.3 is 20.9 Å². The lowest BCUT2D eigenvalue weighted by Gasteiger charge is -2.20. The van der Waals surface area contributed by atoms with E-state index in [0.29, 0.717) is 0 Å². The van der Waals surface area contributed by atoms with Gasteiger partial charge in [0.2, 0.25) is 5.91 Å². The van der Waals surface area contributed by atoms with Crippen LogP contribution in [-0.2, 0) is 14.3 Å². The number of nitrogens with one attached hydrogen (secondary N) is 1. The smallest absolute Gasteiger partial charge is 0.326 e. The number of nitrogens with two attached hydrogens (primary N) is 1. The van der Waals surface area contributed by atoms with Gasteiger partial charge in [-0.15, -0.1) is 0 Å². The van der Waals surface area contributed by atoms with Crippen molar-refractivity contribution in [3.8, 4) is 0 Å². The van der Waals surface area contributed by atoms with E-state index in [1.165, 1.54) is 7.11 Å². The second-order valence-electron chi connectivity index (χ2n) is 3.63. The lowest BCUT2D eigenvalue weighted by Crippen LogP contribution is -2.51. The molecule has 6 nitrogen and oxygen atoms in total. The van der Waals surface area contributed by atoms with E-state index in [9.17, 15) is 9.59 Å². The fourth-order valence-corrected chi connectivity index (χ4v) is 1.03. The summed E-state index contributed by atoms with van der Waals surface area (Å²) < 4.78 is 4.69. The van der Waals surface area contributed by atoms with Crippen LogP contribution in [0.2, 0.25) is 0 Å². The molecule has 0 fully saturated rings. The topological polar surface area (TPSA) is 102 Å². The third-order valence-electron chi connectivity index (χ3n) is 1.91. The molecule has 0 radical (unpaired) electrons. The Kier molecular flexibility index (Phi) is 5.88. The summed E-state index contributed by atoms with van der Waals surface area (Å²) in [5, 5.41) is 11.2. The highest BCUT2D eigenvalue weighted by Crippen LogP contribution is 2.01. The number of carbonyl (C=O) groups is 2. The molecule has 0 aromatic heterocycles. The van der Waals surface area contributed by atoms with E-state index in [1.54, 1.807) is 13.8 Å². The van der Waals surface area contributed by atoms with Gasteiger partial charge in [-0.2, -0.15) is 0 Å². The summed E-state index contributed by atoms with van der Waals surface area (Å²) >= 11 is 0. The highest BCUT2D eigenvalue weighted by molar-refractivity contribution is 5.86. The van der Waals surface area contributed by atoms with Crippen LogP contribution in [0.4, 0.5) is 0 Å². The Balaban J connectivity index is 4.29. The predicted octanol–water partition coefficient (Wildman–Crippen LogP) is -0.814. The number of aliphatic carboxylic acids is 1. The molecule has 0 spiro atoms. The Morgan fingerprint density at radius 1 is 1.47 bits per heavy atom. The van der Waals surface area contributed by atoms with Crippen LogP contribution in [0, 0.1) is 5.92 Å². The van der Waals surface area contributed by atoms with E-state index in [1.807, 2.05) is 0 Å². The summed E-state index contributed by atoms with van der Waals surface area (Å²) in [6, 6.07) is -1.75. The number of carboxylic acid groups (broad SMARTS) is 1. The van der Waals surface area contributed by atoms with Gasteiger partial charge in [0.25, 0.3) is 0 Å². The van der Waals surface area contributed by atoms with Gasteiger partial charge in [-0.05, 0) is 5.92 Å². The maximum absolute atomic E-state index is 11.4. The van der Waals surface area contributed by atoms with Gasteiger partial charge in [0.05, 0.1) is 6.61 Å². The van der Waals surface area contributed by atoms with Crippen molar-refractivity contribution in [3.63, 3.8) is 0 Å². The lowest BCUT2D eigenvalue weighted by molar-refractivity contribution is -0.143. The first-order chi connectivity index (χ1) is 6.90. The molecule has 0 saturated carbocycles. The molecule has 0 rings (SSSR count). The zero-order valence-corrected chi connectivity index (χ0v) is 9.19. The Bertz CT molecular complexity index is 230. The average molecular weight is 218 g/mol. The number of rotatable bonds is 6. The van der Waals surface area contributed by atoms with E-state index in [-0.39, 0.29) is 12.5 Å². The maximum atomic E-state index is 11.4. The molecule has 0 aliphatic carbocycles. The molecule has 0 aromatic rings. The van der Waals surface area contributed by atoms with Crippen LogP contribution in [0.1, 0.15) is 13.8 Å². The normalized spacial score (nSPS) is 14.7. The molecule has 0 bridgehead atoms. The van der Waals surface area contributed by atoms with Crippen LogP contribution in [-0.4, -0.2) is 42.8 Å². The molecule has 0 aromatic carbocycles. The Morgan fingerprint density at radius 3 is 2.33 bits per heavy atom. The molecule has 1 unspecified atom stereocenters. The number of methoxy groups -OCH3 is 1. The Hall–Kier alpha value is -1.14. The molecule has 0 heterocycles. The fourth-order valence-electron chi connectivity index (χ4n) is 1.03. The summed E-state index contributed by atoms with van der Waals surface area (Å²) in [6.45, 7) is 3.48. The van der Waals surface area contributed by atoms with E-state index in [0.717, 1.165) is 0 Å². The largest absolute Gasteiger partial charge is 0.480 e. The minimum Gasteiger partial charge on any atom is -0.480 e. The predicted molar refractivity (Wildman–Crippen MR) is 54.3 cm³/mol. The number of carbonyl (C=O) groups excluding carboxylic acids is 1. The molecular formula is C9H18N2O4. The van der Waals surface area contributed by atoms with Gasteiger partial charge in [-0.1, -0.05) is 13.8 Å². The first-order valence-corrected chi connectivity index (χ1v) is 4.67. The van der Waals surface area contributed by atoms with Crippen molar-refractivity contribution in [3.05, 3.63) is 0 Å². The van der Waals surface area contributed by atoms with Crippen molar-refractivity contribution in [1.29, 1.82) is 0 Å². The lowest BCUT2D eigenvalue weighted by atomic mass is 10.0. The number of hydrogen-bond acceptors (Lipinski definition) is 4. The summed E-state index contributed by atoms with van der Waals surface area (Å²) in [6.07, 6.45) is 0. The molecule has 0 aliphatic rings. The summed E-state index contributed by atoms with van der Waals surface area (Å²) in [5.41, 5.74) is 5.45. The van der Waals surface area contributed by atoms with Gasteiger partial charge in [0, 0.05) is 7.11 Å². The molecular weight excluding hydrogens is 200 g/mol. The minimum absolute atomic E-state index is 0.0657. The first kappa shape index (κ1) is 13.9. The Morgan fingerprint density at radius 2 is 2.00 bits per heavy atom. The highest BCUT2D eigenvalue weighted by atomic mass is 16.5. The molecule has 1 amide bonds. The average Bonchev–Trinajstić information content (AvgIpc) is 2.12. The number of ether oxygens (including phenoxy) is 1. The minimum atomic E-state index is -1.07. The van der Waals surface area contributed by atoms with Gasteiger partial charge in [0.15, 0.2) is 0 Å². The van der Waals surface area contributed by atoms with Crippen LogP contribution >= 0.6 is 0 Å². The standard InChI is InChI=1S/C9H18N2O4/c1-5(2)7(9(13)14)11-8(12)6(10)4-15-3/h5-7H,4,10H2,1-3H3,(H,11,12)(H,13,14)/t6-,7?/m0/s1. The van der Waals surface area contributed by atoms with Crippen LogP contribution in [0.5, 0.6) is 0 Å².